The predicted octanol–water partition coefficient (Wildman–Crippen LogP) is 1.84. The van der Waals surface area contributed by atoms with E-state index in [1.807, 2.05) is 0 Å². The van der Waals surface area contributed by atoms with Crippen molar-refractivity contribution in [2.75, 3.05) is 20.2 Å². The van der Waals surface area contributed by atoms with Crippen LogP contribution in [0.5, 0.6) is 0 Å². The Bertz CT molecular complexity index is 284. The van der Waals surface area contributed by atoms with Gasteiger partial charge in [-0.3, -0.25) is 4.79 Å². The molecule has 4 nitrogen and oxygen atoms in total. The SMILES string of the molecule is COC(=O)C(Br)CNCC1(O)CCC(C)(C)CC1. The fourth-order valence-corrected chi connectivity index (χ4v) is 2.63. The Morgan fingerprint density at radius 2 is 1.94 bits per heavy atom. The summed E-state index contributed by atoms with van der Waals surface area (Å²) in [6.07, 6.45) is 3.72. The summed E-state index contributed by atoms with van der Waals surface area (Å²) in [5, 5.41) is 13.6. The van der Waals surface area contributed by atoms with Gasteiger partial charge in [0.1, 0.15) is 4.83 Å². The minimum Gasteiger partial charge on any atom is -0.468 e. The summed E-state index contributed by atoms with van der Waals surface area (Å²) in [5.41, 5.74) is -0.283. The van der Waals surface area contributed by atoms with Crippen molar-refractivity contribution in [1.82, 2.24) is 5.32 Å². The number of hydrogen-bond donors (Lipinski definition) is 2. The monoisotopic (exact) mass is 321 g/mol. The average molecular weight is 322 g/mol. The van der Waals surface area contributed by atoms with Crippen LogP contribution in [0.4, 0.5) is 0 Å². The van der Waals surface area contributed by atoms with E-state index in [0.717, 1.165) is 25.7 Å². The molecule has 0 radical (unpaired) electrons. The third kappa shape index (κ3) is 4.86. The van der Waals surface area contributed by atoms with E-state index in [1.165, 1.54) is 7.11 Å². The van der Waals surface area contributed by atoms with Crippen LogP contribution in [-0.2, 0) is 9.53 Å². The van der Waals surface area contributed by atoms with E-state index >= 15 is 0 Å². The highest BCUT2D eigenvalue weighted by molar-refractivity contribution is 9.10. The van der Waals surface area contributed by atoms with Crippen LogP contribution < -0.4 is 5.32 Å². The van der Waals surface area contributed by atoms with Crippen molar-refractivity contribution >= 4 is 21.9 Å². The van der Waals surface area contributed by atoms with Crippen molar-refractivity contribution in [2.24, 2.45) is 5.41 Å². The lowest BCUT2D eigenvalue weighted by Gasteiger charge is -2.40. The first kappa shape index (κ1) is 15.9. The summed E-state index contributed by atoms with van der Waals surface area (Å²) in [7, 11) is 1.37. The molecule has 0 bridgehead atoms. The molecular formula is C13H24BrNO3. The van der Waals surface area contributed by atoms with E-state index in [0.29, 0.717) is 18.5 Å². The van der Waals surface area contributed by atoms with Gasteiger partial charge in [0.25, 0.3) is 0 Å². The summed E-state index contributed by atoms with van der Waals surface area (Å²) in [6.45, 7) is 5.48. The third-order valence-corrected chi connectivity index (χ3v) is 4.47. The van der Waals surface area contributed by atoms with Crippen molar-refractivity contribution in [3.8, 4) is 0 Å². The zero-order valence-corrected chi connectivity index (χ0v) is 13.0. The second-order valence-corrected chi connectivity index (χ2v) is 7.12. The molecule has 18 heavy (non-hydrogen) atoms. The van der Waals surface area contributed by atoms with E-state index in [1.54, 1.807) is 0 Å². The predicted molar refractivity (Wildman–Crippen MR) is 74.8 cm³/mol. The van der Waals surface area contributed by atoms with Gasteiger partial charge in [0.15, 0.2) is 0 Å². The van der Waals surface area contributed by atoms with Gasteiger partial charge in [-0.2, -0.15) is 0 Å². The summed E-state index contributed by atoms with van der Waals surface area (Å²) in [6, 6.07) is 0. The number of carbonyl (C=O) groups excluding carboxylic acids is 1. The molecule has 2 N–H and O–H groups in total. The lowest BCUT2D eigenvalue weighted by molar-refractivity contribution is -0.139. The molecule has 1 aliphatic rings. The maximum Gasteiger partial charge on any atom is 0.320 e. The number of alkyl halides is 1. The topological polar surface area (TPSA) is 58.6 Å². The molecule has 0 aliphatic heterocycles. The van der Waals surface area contributed by atoms with Gasteiger partial charge < -0.3 is 15.2 Å². The molecule has 0 aromatic rings. The summed E-state index contributed by atoms with van der Waals surface area (Å²) in [5.74, 6) is -0.292. The quantitative estimate of drug-likeness (QED) is 0.599. The molecular weight excluding hydrogens is 298 g/mol. The fourth-order valence-electron chi connectivity index (χ4n) is 2.21. The molecule has 1 fully saturated rings. The molecule has 1 atom stereocenters. The Balaban J connectivity index is 2.29. The number of rotatable bonds is 5. The van der Waals surface area contributed by atoms with Gasteiger partial charge >= 0.3 is 5.97 Å². The molecule has 1 rings (SSSR count). The standard InChI is InChI=1S/C13H24BrNO3/c1-12(2)4-6-13(17,7-5-12)9-15-8-10(14)11(16)18-3/h10,15,17H,4-9H2,1-3H3. The molecule has 1 saturated carbocycles. The fraction of sp³-hybridized carbons (Fsp3) is 0.923. The molecule has 5 heteroatoms. The van der Waals surface area contributed by atoms with Crippen molar-refractivity contribution < 1.29 is 14.6 Å². The first-order valence-electron chi connectivity index (χ1n) is 6.43. The van der Waals surface area contributed by atoms with Crippen LogP contribution in [0.2, 0.25) is 0 Å². The van der Waals surface area contributed by atoms with Gasteiger partial charge in [-0.25, -0.2) is 0 Å². The molecule has 1 unspecified atom stereocenters. The van der Waals surface area contributed by atoms with Gasteiger partial charge in [-0.15, -0.1) is 0 Å². The van der Waals surface area contributed by atoms with E-state index in [2.05, 4.69) is 39.8 Å². The molecule has 0 saturated heterocycles. The maximum atomic E-state index is 11.2. The lowest BCUT2D eigenvalue weighted by Crippen LogP contribution is -2.46. The average Bonchev–Trinajstić information content (AvgIpc) is 2.32. The zero-order chi connectivity index (χ0) is 13.8. The number of esters is 1. The molecule has 0 aromatic carbocycles. The number of ether oxygens (including phenoxy) is 1. The van der Waals surface area contributed by atoms with Crippen LogP contribution in [0.15, 0.2) is 0 Å². The number of nitrogens with one attached hydrogen (secondary N) is 1. The first-order chi connectivity index (χ1) is 8.28. The summed E-state index contributed by atoms with van der Waals surface area (Å²) in [4.78, 5) is 10.8. The van der Waals surface area contributed by atoms with Gasteiger partial charge in [0, 0.05) is 13.1 Å². The third-order valence-electron chi connectivity index (χ3n) is 3.77. The van der Waals surface area contributed by atoms with Crippen LogP contribution in [0.1, 0.15) is 39.5 Å². The van der Waals surface area contributed by atoms with Crippen molar-refractivity contribution in [3.63, 3.8) is 0 Å². The van der Waals surface area contributed by atoms with E-state index in [-0.39, 0.29) is 10.8 Å². The number of methoxy groups -OCH3 is 1. The van der Waals surface area contributed by atoms with Crippen LogP contribution in [0, 0.1) is 5.41 Å². The highest BCUT2D eigenvalue weighted by Gasteiger charge is 2.36. The zero-order valence-electron chi connectivity index (χ0n) is 11.5. The molecule has 0 spiro atoms. The second-order valence-electron chi connectivity index (χ2n) is 6.01. The summed E-state index contributed by atoms with van der Waals surface area (Å²) < 4.78 is 4.62. The number of carbonyl (C=O) groups is 1. The van der Waals surface area contributed by atoms with Crippen LogP contribution in [0.25, 0.3) is 0 Å². The summed E-state index contributed by atoms with van der Waals surface area (Å²) >= 11 is 3.25. The minimum atomic E-state index is -0.627. The Labute approximate surface area is 118 Å². The van der Waals surface area contributed by atoms with Crippen molar-refractivity contribution in [2.45, 2.75) is 50.0 Å². The number of halogens is 1. The Hall–Kier alpha value is -0.130. The molecule has 0 aromatic heterocycles. The molecule has 0 heterocycles. The van der Waals surface area contributed by atoms with Crippen LogP contribution in [-0.4, -0.2) is 41.7 Å². The molecule has 106 valence electrons. The second kappa shape index (κ2) is 6.35. The number of hydrogen-bond acceptors (Lipinski definition) is 4. The minimum absolute atomic E-state index is 0.292. The normalized spacial score (nSPS) is 23.4. The van der Waals surface area contributed by atoms with Crippen molar-refractivity contribution in [3.05, 3.63) is 0 Å². The highest BCUT2D eigenvalue weighted by Crippen LogP contribution is 2.39. The van der Waals surface area contributed by atoms with E-state index in [4.69, 9.17) is 0 Å². The maximum absolute atomic E-state index is 11.2. The Kier molecular flexibility index (Phi) is 5.62. The number of aliphatic hydroxyl groups is 1. The van der Waals surface area contributed by atoms with E-state index < -0.39 is 5.60 Å². The van der Waals surface area contributed by atoms with Crippen LogP contribution >= 0.6 is 15.9 Å². The van der Waals surface area contributed by atoms with Gasteiger partial charge in [0.2, 0.25) is 0 Å². The Morgan fingerprint density at radius 3 is 2.44 bits per heavy atom. The Morgan fingerprint density at radius 1 is 1.39 bits per heavy atom. The molecule has 1 aliphatic carbocycles. The van der Waals surface area contributed by atoms with Crippen molar-refractivity contribution in [1.29, 1.82) is 0 Å². The van der Waals surface area contributed by atoms with Crippen LogP contribution in [0.3, 0.4) is 0 Å². The molecule has 0 amide bonds. The first-order valence-corrected chi connectivity index (χ1v) is 7.35. The van der Waals surface area contributed by atoms with Gasteiger partial charge in [-0.1, -0.05) is 29.8 Å². The van der Waals surface area contributed by atoms with Gasteiger partial charge in [0.05, 0.1) is 12.7 Å². The van der Waals surface area contributed by atoms with E-state index in [9.17, 15) is 9.90 Å². The van der Waals surface area contributed by atoms with Gasteiger partial charge in [-0.05, 0) is 31.1 Å². The smallest absolute Gasteiger partial charge is 0.320 e. The lowest BCUT2D eigenvalue weighted by atomic mass is 9.71. The largest absolute Gasteiger partial charge is 0.468 e. The highest BCUT2D eigenvalue weighted by atomic mass is 79.9.